The Morgan fingerprint density at radius 1 is 1.30 bits per heavy atom. The van der Waals surface area contributed by atoms with Crippen LogP contribution in [-0.4, -0.2) is 26.9 Å². The predicted octanol–water partition coefficient (Wildman–Crippen LogP) is 2.19. The molecule has 2 aromatic rings. The summed E-state index contributed by atoms with van der Waals surface area (Å²) in [4.78, 5) is 8.90. The van der Waals surface area contributed by atoms with Crippen LogP contribution in [0.4, 0.5) is 5.82 Å². The summed E-state index contributed by atoms with van der Waals surface area (Å²) in [5, 5.41) is 4.15. The third kappa shape index (κ3) is 2.96. The Balaban J connectivity index is 2.48. The van der Waals surface area contributed by atoms with Crippen LogP contribution in [0.5, 0.6) is 0 Å². The summed E-state index contributed by atoms with van der Waals surface area (Å²) in [5.41, 5.74) is 7.45. The molecule has 0 spiro atoms. The van der Waals surface area contributed by atoms with E-state index in [0.29, 0.717) is 11.6 Å². The number of hydrogen-bond donors (Lipinski definition) is 1. The first-order chi connectivity index (χ1) is 9.31. The van der Waals surface area contributed by atoms with E-state index in [-0.39, 0.29) is 11.5 Å². The van der Waals surface area contributed by atoms with Gasteiger partial charge in [-0.3, -0.25) is 4.68 Å². The molecule has 0 bridgehead atoms. The molecule has 0 saturated carbocycles. The lowest BCUT2D eigenvalue weighted by atomic mass is 9.88. The van der Waals surface area contributed by atoms with Crippen LogP contribution in [0, 0.1) is 5.41 Å². The maximum absolute atomic E-state index is 5.91. The molecule has 1 unspecified atom stereocenters. The van der Waals surface area contributed by atoms with Gasteiger partial charge in [-0.05, 0) is 5.41 Å². The van der Waals surface area contributed by atoms with Crippen LogP contribution in [0.3, 0.4) is 0 Å². The number of nitrogen functional groups attached to an aromatic ring is 1. The van der Waals surface area contributed by atoms with Crippen LogP contribution in [-0.2, 0) is 11.8 Å². The molecule has 0 aliphatic heterocycles. The monoisotopic (exact) mass is 275 g/mol. The normalized spacial score (nSPS) is 13.4. The standard InChI is InChI=1S/C14H21N5O/c1-14(2,3)12(20-5)13-17-10(6-11(15)18-13)9-7-16-19(4)8-9/h6-8,12H,1-5H3,(H2,15,17,18). The van der Waals surface area contributed by atoms with Gasteiger partial charge < -0.3 is 10.5 Å². The lowest BCUT2D eigenvalue weighted by Gasteiger charge is -2.28. The summed E-state index contributed by atoms with van der Waals surface area (Å²) in [6.45, 7) is 6.24. The highest BCUT2D eigenvalue weighted by molar-refractivity contribution is 5.60. The van der Waals surface area contributed by atoms with Crippen molar-refractivity contribution in [3.8, 4) is 11.3 Å². The molecule has 1 atom stereocenters. The molecule has 0 aromatic carbocycles. The second kappa shape index (κ2) is 5.20. The molecule has 0 radical (unpaired) electrons. The molecule has 6 nitrogen and oxygen atoms in total. The molecule has 2 N–H and O–H groups in total. The molecule has 2 aromatic heterocycles. The van der Waals surface area contributed by atoms with E-state index in [1.807, 2.05) is 13.2 Å². The Kier molecular flexibility index (Phi) is 3.76. The van der Waals surface area contributed by atoms with Crippen molar-refractivity contribution in [1.29, 1.82) is 0 Å². The fourth-order valence-corrected chi connectivity index (χ4v) is 2.15. The molecular formula is C14H21N5O. The van der Waals surface area contributed by atoms with Crippen LogP contribution in [0.15, 0.2) is 18.5 Å². The summed E-state index contributed by atoms with van der Waals surface area (Å²) in [6, 6.07) is 1.75. The Hall–Kier alpha value is -1.95. The highest BCUT2D eigenvalue weighted by Gasteiger charge is 2.29. The predicted molar refractivity (Wildman–Crippen MR) is 77.9 cm³/mol. The lowest BCUT2D eigenvalue weighted by molar-refractivity contribution is 0.00885. The Morgan fingerprint density at radius 2 is 2.00 bits per heavy atom. The summed E-state index contributed by atoms with van der Waals surface area (Å²) >= 11 is 0. The van der Waals surface area contributed by atoms with Gasteiger partial charge in [-0.2, -0.15) is 5.10 Å². The molecule has 20 heavy (non-hydrogen) atoms. The van der Waals surface area contributed by atoms with Crippen molar-refractivity contribution in [2.24, 2.45) is 12.5 Å². The summed E-state index contributed by atoms with van der Waals surface area (Å²) in [5.74, 6) is 1.03. The molecule has 0 saturated heterocycles. The summed E-state index contributed by atoms with van der Waals surface area (Å²) < 4.78 is 7.28. The molecule has 2 rings (SSSR count). The number of aromatic nitrogens is 4. The quantitative estimate of drug-likeness (QED) is 0.929. The zero-order valence-corrected chi connectivity index (χ0v) is 12.6. The molecule has 0 amide bonds. The van der Waals surface area contributed by atoms with Gasteiger partial charge in [0.15, 0.2) is 5.82 Å². The number of nitrogens with zero attached hydrogens (tertiary/aromatic N) is 4. The average molecular weight is 275 g/mol. The van der Waals surface area contributed by atoms with Gasteiger partial charge in [0.1, 0.15) is 11.9 Å². The van der Waals surface area contributed by atoms with Gasteiger partial charge in [0.25, 0.3) is 0 Å². The van der Waals surface area contributed by atoms with Crippen LogP contribution in [0.2, 0.25) is 0 Å². The zero-order valence-electron chi connectivity index (χ0n) is 12.6. The van der Waals surface area contributed by atoms with E-state index in [4.69, 9.17) is 10.5 Å². The van der Waals surface area contributed by atoms with Crippen molar-refractivity contribution in [1.82, 2.24) is 19.7 Å². The van der Waals surface area contributed by atoms with Gasteiger partial charge in [0.2, 0.25) is 0 Å². The number of rotatable bonds is 3. The van der Waals surface area contributed by atoms with Crippen molar-refractivity contribution in [3.63, 3.8) is 0 Å². The molecule has 108 valence electrons. The fourth-order valence-electron chi connectivity index (χ4n) is 2.15. The minimum atomic E-state index is -0.221. The van der Waals surface area contributed by atoms with E-state index >= 15 is 0 Å². The lowest BCUT2D eigenvalue weighted by Crippen LogP contribution is -2.23. The largest absolute Gasteiger partial charge is 0.384 e. The van der Waals surface area contributed by atoms with Gasteiger partial charge in [-0.1, -0.05) is 20.8 Å². The SMILES string of the molecule is COC(c1nc(N)cc(-c2cnn(C)c2)n1)C(C)(C)C. The van der Waals surface area contributed by atoms with Gasteiger partial charge in [-0.15, -0.1) is 0 Å². The molecule has 0 aliphatic rings. The van der Waals surface area contributed by atoms with E-state index < -0.39 is 0 Å². The van der Waals surface area contributed by atoms with E-state index in [2.05, 4.69) is 35.8 Å². The first kappa shape index (κ1) is 14.5. The third-order valence-electron chi connectivity index (χ3n) is 3.02. The van der Waals surface area contributed by atoms with Crippen molar-refractivity contribution in [2.45, 2.75) is 26.9 Å². The Morgan fingerprint density at radius 3 is 2.50 bits per heavy atom. The minimum absolute atomic E-state index is 0.116. The molecule has 0 aliphatic carbocycles. The van der Waals surface area contributed by atoms with Gasteiger partial charge in [0, 0.05) is 32.0 Å². The molecule has 0 fully saturated rings. The number of anilines is 1. The number of aryl methyl sites for hydroxylation is 1. The van der Waals surface area contributed by atoms with Crippen molar-refractivity contribution in [3.05, 3.63) is 24.3 Å². The van der Waals surface area contributed by atoms with E-state index in [9.17, 15) is 0 Å². The molecule has 2 heterocycles. The first-order valence-corrected chi connectivity index (χ1v) is 6.47. The topological polar surface area (TPSA) is 78.9 Å². The van der Waals surface area contributed by atoms with Gasteiger partial charge in [-0.25, -0.2) is 9.97 Å². The number of hydrogen-bond acceptors (Lipinski definition) is 5. The maximum Gasteiger partial charge on any atom is 0.160 e. The smallest absolute Gasteiger partial charge is 0.160 e. The van der Waals surface area contributed by atoms with Crippen LogP contribution in [0.1, 0.15) is 32.7 Å². The van der Waals surface area contributed by atoms with Crippen molar-refractivity contribution < 1.29 is 4.74 Å². The van der Waals surface area contributed by atoms with Crippen molar-refractivity contribution in [2.75, 3.05) is 12.8 Å². The minimum Gasteiger partial charge on any atom is -0.384 e. The van der Waals surface area contributed by atoms with Gasteiger partial charge >= 0.3 is 0 Å². The Labute approximate surface area is 119 Å². The van der Waals surface area contributed by atoms with E-state index in [0.717, 1.165) is 11.3 Å². The van der Waals surface area contributed by atoms with Crippen LogP contribution < -0.4 is 5.73 Å². The highest BCUT2D eigenvalue weighted by Crippen LogP contribution is 2.34. The average Bonchev–Trinajstić information content (AvgIpc) is 2.74. The zero-order chi connectivity index (χ0) is 14.9. The third-order valence-corrected chi connectivity index (χ3v) is 3.02. The Bertz CT molecular complexity index is 600. The molecular weight excluding hydrogens is 254 g/mol. The van der Waals surface area contributed by atoms with Crippen molar-refractivity contribution >= 4 is 5.82 Å². The second-order valence-electron chi connectivity index (χ2n) is 5.92. The fraction of sp³-hybridized carbons (Fsp3) is 0.500. The second-order valence-corrected chi connectivity index (χ2v) is 5.92. The molecule has 6 heteroatoms. The van der Waals surface area contributed by atoms with Gasteiger partial charge in [0.05, 0.1) is 11.9 Å². The van der Waals surface area contributed by atoms with E-state index in [1.165, 1.54) is 0 Å². The number of methoxy groups -OCH3 is 1. The number of nitrogens with two attached hydrogens (primary N) is 1. The first-order valence-electron chi connectivity index (χ1n) is 6.47. The van der Waals surface area contributed by atoms with E-state index in [1.54, 1.807) is 24.1 Å². The summed E-state index contributed by atoms with van der Waals surface area (Å²) in [6.07, 6.45) is 3.43. The maximum atomic E-state index is 5.91. The van der Waals surface area contributed by atoms with Crippen LogP contribution >= 0.6 is 0 Å². The van der Waals surface area contributed by atoms with Crippen LogP contribution in [0.25, 0.3) is 11.3 Å². The highest BCUT2D eigenvalue weighted by atomic mass is 16.5. The number of ether oxygens (including phenoxy) is 1. The summed E-state index contributed by atoms with van der Waals surface area (Å²) in [7, 11) is 3.52.